The predicted molar refractivity (Wildman–Crippen MR) is 65.1 cm³/mol. The largest absolute Gasteiger partial charge is 0.382 e. The highest BCUT2D eigenvalue weighted by Crippen LogP contribution is 2.36. The highest BCUT2D eigenvalue weighted by Gasteiger charge is 2.65. The first kappa shape index (κ1) is 19.1. The number of aliphatic hydroxyl groups is 3. The molecule has 9 heteroatoms. The van der Waals surface area contributed by atoms with Crippen LogP contribution in [-0.2, 0) is 14.3 Å². The molecule has 0 fully saturated rings. The molecule has 0 aliphatic carbocycles. The van der Waals surface area contributed by atoms with Gasteiger partial charge in [-0.25, -0.2) is 0 Å². The van der Waals surface area contributed by atoms with Gasteiger partial charge in [0.05, 0.1) is 13.2 Å². The Morgan fingerprint density at radius 1 is 1.30 bits per heavy atom. The van der Waals surface area contributed by atoms with E-state index in [0.717, 1.165) is 12.2 Å². The van der Waals surface area contributed by atoms with Gasteiger partial charge < -0.3 is 24.8 Å². The molecular weight excluding hydrogens is 302 g/mol. The van der Waals surface area contributed by atoms with E-state index in [4.69, 9.17) is 0 Å². The molecule has 0 rings (SSSR count). The van der Waals surface area contributed by atoms with Gasteiger partial charge in [0.1, 0.15) is 0 Å². The standard InChI is InChI=1S/C11H15ClF2O6/c1-3-5-19-8(16)7(15)11(18,20-6-4-2)10(13,14)9(12)17/h3-4,7-8,15-16,18H,1-2,5-6H2/t7-,8?,11+/m1/s1. The van der Waals surface area contributed by atoms with Crippen molar-refractivity contribution in [3.05, 3.63) is 25.3 Å². The second kappa shape index (κ2) is 7.77. The van der Waals surface area contributed by atoms with Crippen molar-refractivity contribution in [2.24, 2.45) is 0 Å². The topological polar surface area (TPSA) is 96.2 Å². The van der Waals surface area contributed by atoms with Gasteiger partial charge in [-0.2, -0.15) is 8.78 Å². The summed E-state index contributed by atoms with van der Waals surface area (Å²) in [6.45, 7) is 5.43. The number of halogens is 3. The number of carbonyl (C=O) groups is 1. The third-order valence-electron chi connectivity index (χ3n) is 2.17. The molecule has 0 aromatic carbocycles. The molecular formula is C11H15ClF2O6. The van der Waals surface area contributed by atoms with Crippen molar-refractivity contribution in [3.8, 4) is 0 Å². The highest BCUT2D eigenvalue weighted by molar-refractivity contribution is 6.65. The molecule has 0 aliphatic heterocycles. The molecule has 3 N–H and O–H groups in total. The monoisotopic (exact) mass is 316 g/mol. The molecule has 1 unspecified atom stereocenters. The normalized spacial score (nSPS) is 17.9. The SMILES string of the molecule is C=CCOC(O)[C@@H](O)[C@](O)(OCC=C)C(F)(F)C(=O)Cl. The van der Waals surface area contributed by atoms with Crippen molar-refractivity contribution in [2.75, 3.05) is 13.2 Å². The van der Waals surface area contributed by atoms with Gasteiger partial charge in [-0.3, -0.25) is 4.79 Å². The van der Waals surface area contributed by atoms with Gasteiger partial charge in [-0.15, -0.1) is 13.2 Å². The first-order valence-electron chi connectivity index (χ1n) is 5.28. The highest BCUT2D eigenvalue weighted by atomic mass is 35.5. The number of rotatable bonds is 10. The van der Waals surface area contributed by atoms with Crippen LogP contribution in [0.5, 0.6) is 0 Å². The molecule has 0 spiro atoms. The Kier molecular flexibility index (Phi) is 7.42. The number of carbonyl (C=O) groups excluding carboxylic acids is 1. The van der Waals surface area contributed by atoms with Crippen LogP contribution in [0.25, 0.3) is 0 Å². The fourth-order valence-electron chi connectivity index (χ4n) is 1.14. The summed E-state index contributed by atoms with van der Waals surface area (Å²) in [5.74, 6) is -8.49. The van der Waals surface area contributed by atoms with Crippen LogP contribution >= 0.6 is 11.6 Å². The van der Waals surface area contributed by atoms with E-state index in [9.17, 15) is 28.9 Å². The second-order valence-electron chi connectivity index (χ2n) is 3.60. The van der Waals surface area contributed by atoms with Gasteiger partial charge in [-0.1, -0.05) is 12.2 Å². The zero-order valence-corrected chi connectivity index (χ0v) is 11.1. The third-order valence-corrected chi connectivity index (χ3v) is 2.41. The van der Waals surface area contributed by atoms with Crippen molar-refractivity contribution in [1.29, 1.82) is 0 Å². The maximum atomic E-state index is 13.6. The summed E-state index contributed by atoms with van der Waals surface area (Å²) < 4.78 is 36.0. The second-order valence-corrected chi connectivity index (χ2v) is 3.94. The zero-order valence-electron chi connectivity index (χ0n) is 10.3. The van der Waals surface area contributed by atoms with Gasteiger partial charge in [0, 0.05) is 0 Å². The minimum atomic E-state index is -4.70. The minimum Gasteiger partial charge on any atom is -0.382 e. The molecule has 0 amide bonds. The van der Waals surface area contributed by atoms with Crippen LogP contribution in [0.15, 0.2) is 25.3 Å². The van der Waals surface area contributed by atoms with E-state index in [1.807, 2.05) is 0 Å². The number of hydrogen-bond donors (Lipinski definition) is 3. The molecule has 6 nitrogen and oxygen atoms in total. The van der Waals surface area contributed by atoms with E-state index < -0.39 is 36.0 Å². The predicted octanol–water partition coefficient (Wildman–Crippen LogP) is 0.160. The molecule has 116 valence electrons. The van der Waals surface area contributed by atoms with Crippen LogP contribution in [-0.4, -0.2) is 57.9 Å². The van der Waals surface area contributed by atoms with Crippen LogP contribution in [0.3, 0.4) is 0 Å². The Morgan fingerprint density at radius 3 is 2.20 bits per heavy atom. The van der Waals surface area contributed by atoms with Crippen LogP contribution in [0.1, 0.15) is 0 Å². The van der Waals surface area contributed by atoms with E-state index in [1.165, 1.54) is 0 Å². The molecule has 0 saturated heterocycles. The van der Waals surface area contributed by atoms with Gasteiger partial charge in [0.25, 0.3) is 11.0 Å². The lowest BCUT2D eigenvalue weighted by Crippen LogP contribution is -2.64. The van der Waals surface area contributed by atoms with E-state index in [0.29, 0.717) is 0 Å². The van der Waals surface area contributed by atoms with Crippen LogP contribution in [0, 0.1) is 0 Å². The van der Waals surface area contributed by atoms with E-state index in [2.05, 4.69) is 34.2 Å². The summed E-state index contributed by atoms with van der Waals surface area (Å²) in [6, 6.07) is 0. The van der Waals surface area contributed by atoms with E-state index in [1.54, 1.807) is 0 Å². The Balaban J connectivity index is 5.35. The molecule has 0 saturated carbocycles. The molecule has 0 aromatic rings. The summed E-state index contributed by atoms with van der Waals surface area (Å²) >= 11 is 4.68. The van der Waals surface area contributed by atoms with E-state index >= 15 is 0 Å². The first-order valence-corrected chi connectivity index (χ1v) is 5.66. The molecule has 0 aromatic heterocycles. The number of hydrogen-bond acceptors (Lipinski definition) is 6. The van der Waals surface area contributed by atoms with Gasteiger partial charge in [0.15, 0.2) is 12.4 Å². The van der Waals surface area contributed by atoms with Crippen LogP contribution in [0.2, 0.25) is 0 Å². The number of aliphatic hydroxyl groups excluding tert-OH is 2. The number of ether oxygens (including phenoxy) is 2. The Morgan fingerprint density at radius 2 is 1.80 bits per heavy atom. The van der Waals surface area contributed by atoms with Crippen LogP contribution in [0.4, 0.5) is 8.78 Å². The Labute approximate surface area is 118 Å². The first-order chi connectivity index (χ1) is 9.15. The minimum absolute atomic E-state index is 0.309. The van der Waals surface area contributed by atoms with Crippen molar-refractivity contribution in [1.82, 2.24) is 0 Å². The summed E-state index contributed by atoms with van der Waals surface area (Å²) in [5, 5.41) is 26.4. The molecule has 0 aliphatic rings. The summed E-state index contributed by atoms with van der Waals surface area (Å²) in [5.41, 5.74) is 0. The van der Waals surface area contributed by atoms with Crippen LogP contribution < -0.4 is 0 Å². The fraction of sp³-hybridized carbons (Fsp3) is 0.545. The lowest BCUT2D eigenvalue weighted by atomic mass is 10.0. The number of alkyl halides is 2. The smallest absolute Gasteiger partial charge is 0.375 e. The lowest BCUT2D eigenvalue weighted by Gasteiger charge is -2.37. The summed E-state index contributed by atoms with van der Waals surface area (Å²) in [7, 11) is 0. The van der Waals surface area contributed by atoms with Gasteiger partial charge in [-0.05, 0) is 11.6 Å². The van der Waals surface area contributed by atoms with Crippen molar-refractivity contribution < 1.29 is 38.4 Å². The molecule has 0 radical (unpaired) electrons. The van der Waals surface area contributed by atoms with Crippen molar-refractivity contribution in [2.45, 2.75) is 24.1 Å². The van der Waals surface area contributed by atoms with Crippen molar-refractivity contribution >= 4 is 16.8 Å². The Hall–Kier alpha value is -0.900. The van der Waals surface area contributed by atoms with Gasteiger partial charge >= 0.3 is 5.92 Å². The molecule has 3 atom stereocenters. The van der Waals surface area contributed by atoms with E-state index in [-0.39, 0.29) is 6.61 Å². The maximum absolute atomic E-state index is 13.6. The maximum Gasteiger partial charge on any atom is 0.375 e. The summed E-state index contributed by atoms with van der Waals surface area (Å²) in [4.78, 5) is 10.7. The quantitative estimate of drug-likeness (QED) is 0.302. The fourth-order valence-corrected chi connectivity index (χ4v) is 1.27. The average molecular weight is 317 g/mol. The third kappa shape index (κ3) is 4.05. The molecule has 0 heterocycles. The summed E-state index contributed by atoms with van der Waals surface area (Å²) in [6.07, 6.45) is -2.82. The molecule has 0 bridgehead atoms. The average Bonchev–Trinajstić information content (AvgIpc) is 2.40. The zero-order chi connectivity index (χ0) is 16.0. The van der Waals surface area contributed by atoms with Gasteiger partial charge in [0.2, 0.25) is 0 Å². The molecule has 20 heavy (non-hydrogen) atoms. The lowest BCUT2D eigenvalue weighted by molar-refractivity contribution is -0.362. The Bertz CT molecular complexity index is 365. The van der Waals surface area contributed by atoms with Crippen molar-refractivity contribution in [3.63, 3.8) is 0 Å².